The van der Waals surface area contributed by atoms with Gasteiger partial charge >= 0.3 is 0 Å². The molecule has 0 aliphatic carbocycles. The molecule has 1 unspecified atom stereocenters. The van der Waals surface area contributed by atoms with Crippen molar-refractivity contribution in [1.82, 2.24) is 9.88 Å². The number of nitrogens with zero attached hydrogens (tertiary/aromatic N) is 3. The van der Waals surface area contributed by atoms with Gasteiger partial charge in [-0.15, -0.1) is 0 Å². The Morgan fingerprint density at radius 1 is 1.08 bits per heavy atom. The molecule has 212 valence electrons. The number of hydrogen-bond donors (Lipinski definition) is 2. The second kappa shape index (κ2) is 13.3. The summed E-state index contributed by atoms with van der Waals surface area (Å²) in [5, 5.41) is 14.4. The highest BCUT2D eigenvalue weighted by Gasteiger charge is 2.35. The molecule has 9 heteroatoms. The van der Waals surface area contributed by atoms with Crippen LogP contribution in [0, 0.1) is 0 Å². The SMILES string of the molecule is C.C.CCOCC1=Nc2c(NC(=O)COCC(=O)N(C)C(C)(C)C)nc3ccccc3c2C1CC(C)(C)O. The minimum Gasteiger partial charge on any atom is -0.390 e. The fraction of sp³-hybridized carbons (Fsp3) is 0.586. The number of para-hydroxylation sites is 1. The number of amides is 2. The minimum atomic E-state index is -0.937. The summed E-state index contributed by atoms with van der Waals surface area (Å²) in [7, 11) is 1.70. The zero-order chi connectivity index (χ0) is 26.7. The summed E-state index contributed by atoms with van der Waals surface area (Å²) in [6, 6.07) is 7.67. The molecule has 3 rings (SSSR count). The Morgan fingerprint density at radius 2 is 1.74 bits per heavy atom. The summed E-state index contributed by atoms with van der Waals surface area (Å²) in [6.07, 6.45) is 0.444. The van der Waals surface area contributed by atoms with Crippen molar-refractivity contribution >= 4 is 39.9 Å². The predicted molar refractivity (Wildman–Crippen MR) is 154 cm³/mol. The topological polar surface area (TPSA) is 113 Å². The monoisotopic (exact) mass is 530 g/mol. The quantitative estimate of drug-likeness (QED) is 0.443. The highest BCUT2D eigenvalue weighted by molar-refractivity contribution is 6.08. The number of aromatic nitrogens is 1. The maximum absolute atomic E-state index is 12.7. The fourth-order valence-electron chi connectivity index (χ4n) is 4.10. The lowest BCUT2D eigenvalue weighted by Crippen LogP contribution is -2.44. The number of hydrogen-bond acceptors (Lipinski definition) is 7. The Morgan fingerprint density at radius 3 is 2.34 bits per heavy atom. The number of rotatable bonds is 10. The minimum absolute atomic E-state index is 0. The zero-order valence-electron chi connectivity index (χ0n) is 22.3. The molecule has 0 saturated carbocycles. The second-order valence-corrected chi connectivity index (χ2v) is 10.7. The van der Waals surface area contributed by atoms with Crippen molar-refractivity contribution in [2.45, 2.75) is 79.9 Å². The predicted octanol–water partition coefficient (Wildman–Crippen LogP) is 5.09. The smallest absolute Gasteiger partial charge is 0.251 e. The maximum atomic E-state index is 12.7. The number of aliphatic hydroxyl groups is 1. The molecule has 1 aliphatic heterocycles. The van der Waals surface area contributed by atoms with Crippen molar-refractivity contribution in [2.24, 2.45) is 4.99 Å². The van der Waals surface area contributed by atoms with Crippen LogP contribution in [0.4, 0.5) is 11.5 Å². The van der Waals surface area contributed by atoms with E-state index in [4.69, 9.17) is 14.5 Å². The number of fused-ring (bicyclic) bond motifs is 3. The van der Waals surface area contributed by atoms with Gasteiger partial charge < -0.3 is 24.8 Å². The molecule has 1 aromatic heterocycles. The molecule has 1 aliphatic rings. The molecule has 1 aromatic carbocycles. The summed E-state index contributed by atoms with van der Waals surface area (Å²) < 4.78 is 11.1. The van der Waals surface area contributed by atoms with Gasteiger partial charge in [0.05, 0.1) is 23.4 Å². The highest BCUT2D eigenvalue weighted by Crippen LogP contribution is 2.47. The summed E-state index contributed by atoms with van der Waals surface area (Å²) in [4.78, 5) is 36.1. The molecule has 2 aromatic rings. The van der Waals surface area contributed by atoms with Crippen LogP contribution in [0.3, 0.4) is 0 Å². The Balaban J connectivity index is 0.00000361. The van der Waals surface area contributed by atoms with Crippen molar-refractivity contribution in [3.05, 3.63) is 29.8 Å². The third-order valence-electron chi connectivity index (χ3n) is 6.17. The first-order valence-electron chi connectivity index (χ1n) is 12.3. The van der Waals surface area contributed by atoms with E-state index in [1.807, 2.05) is 52.0 Å². The highest BCUT2D eigenvalue weighted by atomic mass is 16.5. The van der Waals surface area contributed by atoms with Crippen LogP contribution in [0.2, 0.25) is 0 Å². The van der Waals surface area contributed by atoms with Crippen LogP contribution >= 0.6 is 0 Å². The number of aliphatic imine (C=N–C) groups is 1. The van der Waals surface area contributed by atoms with Crippen molar-refractivity contribution in [3.8, 4) is 0 Å². The number of benzene rings is 1. The van der Waals surface area contributed by atoms with E-state index in [1.54, 1.807) is 25.8 Å². The first-order chi connectivity index (χ1) is 16.8. The fourth-order valence-corrected chi connectivity index (χ4v) is 4.10. The molecule has 1 atom stereocenters. The number of ether oxygens (including phenoxy) is 2. The van der Waals surface area contributed by atoms with E-state index in [0.29, 0.717) is 36.7 Å². The van der Waals surface area contributed by atoms with Gasteiger partial charge in [0, 0.05) is 30.5 Å². The molecular weight excluding hydrogens is 484 g/mol. The molecule has 2 N–H and O–H groups in total. The van der Waals surface area contributed by atoms with E-state index in [0.717, 1.165) is 16.7 Å². The van der Waals surface area contributed by atoms with E-state index in [-0.39, 0.29) is 45.4 Å². The Kier molecular flexibility index (Phi) is 11.6. The van der Waals surface area contributed by atoms with Crippen LogP contribution in [-0.4, -0.2) is 77.1 Å². The summed E-state index contributed by atoms with van der Waals surface area (Å²) in [5.41, 5.74) is 1.70. The molecule has 0 radical (unpaired) electrons. The van der Waals surface area contributed by atoms with Crippen molar-refractivity contribution in [1.29, 1.82) is 0 Å². The molecule has 0 bridgehead atoms. The summed E-state index contributed by atoms with van der Waals surface area (Å²) in [5.74, 6) is -0.502. The lowest BCUT2D eigenvalue weighted by Gasteiger charge is -2.31. The van der Waals surface area contributed by atoms with Crippen molar-refractivity contribution < 1.29 is 24.2 Å². The van der Waals surface area contributed by atoms with Gasteiger partial charge in [0.2, 0.25) is 5.91 Å². The van der Waals surface area contributed by atoms with Crippen LogP contribution in [-0.2, 0) is 19.1 Å². The van der Waals surface area contributed by atoms with E-state index in [1.165, 1.54) is 0 Å². The van der Waals surface area contributed by atoms with Gasteiger partial charge in [-0.3, -0.25) is 14.6 Å². The van der Waals surface area contributed by atoms with E-state index in [2.05, 4.69) is 10.3 Å². The maximum Gasteiger partial charge on any atom is 0.251 e. The molecule has 38 heavy (non-hydrogen) atoms. The van der Waals surface area contributed by atoms with Crippen molar-refractivity contribution in [2.75, 3.05) is 38.8 Å². The zero-order valence-corrected chi connectivity index (χ0v) is 22.3. The third-order valence-corrected chi connectivity index (χ3v) is 6.17. The molecule has 0 saturated heterocycles. The van der Waals surface area contributed by atoms with Gasteiger partial charge in [-0.2, -0.15) is 0 Å². The average Bonchev–Trinajstić information content (AvgIpc) is 3.13. The Hall–Kier alpha value is -2.88. The largest absolute Gasteiger partial charge is 0.390 e. The van der Waals surface area contributed by atoms with Crippen LogP contribution in [0.5, 0.6) is 0 Å². The van der Waals surface area contributed by atoms with Gasteiger partial charge in [0.15, 0.2) is 5.82 Å². The van der Waals surface area contributed by atoms with Gasteiger partial charge in [-0.1, -0.05) is 33.1 Å². The lowest BCUT2D eigenvalue weighted by atomic mass is 9.84. The average molecular weight is 531 g/mol. The van der Waals surface area contributed by atoms with Crippen LogP contribution in [0.25, 0.3) is 10.9 Å². The van der Waals surface area contributed by atoms with Crippen LogP contribution in [0.1, 0.15) is 74.3 Å². The first kappa shape index (κ1) is 33.1. The molecule has 0 fully saturated rings. The summed E-state index contributed by atoms with van der Waals surface area (Å²) >= 11 is 0. The van der Waals surface area contributed by atoms with Gasteiger partial charge in [-0.25, -0.2) is 4.98 Å². The molecule has 0 spiro atoms. The number of pyridine rings is 1. The number of carbonyl (C=O) groups is 2. The number of carbonyl (C=O) groups excluding carboxylic acids is 2. The van der Waals surface area contributed by atoms with Gasteiger partial charge in [0.25, 0.3) is 5.91 Å². The molecule has 9 nitrogen and oxygen atoms in total. The van der Waals surface area contributed by atoms with Crippen LogP contribution < -0.4 is 5.32 Å². The van der Waals surface area contributed by atoms with Crippen LogP contribution in [0.15, 0.2) is 29.3 Å². The standard InChI is InChI=1S/C27H38N4O5.2CH4/c1-8-35-14-20-18(13-27(5,6)34)23-17-11-9-10-12-19(17)29-25(24(23)28-20)30-21(32)15-36-16-22(33)31(7)26(2,3)4;;/h9-12,18,34H,8,13-16H2,1-7H3,(H,29,30,32);2*1H4. The molecule has 2 heterocycles. The first-order valence-corrected chi connectivity index (χ1v) is 12.3. The summed E-state index contributed by atoms with van der Waals surface area (Å²) in [6.45, 7) is 11.6. The third kappa shape index (κ3) is 8.06. The molecule has 2 amide bonds. The number of nitrogens with one attached hydrogen (secondary N) is 1. The Labute approximate surface area is 227 Å². The Bertz CT molecular complexity index is 1150. The van der Waals surface area contributed by atoms with E-state index in [9.17, 15) is 14.7 Å². The van der Waals surface area contributed by atoms with Gasteiger partial charge in [0.1, 0.15) is 18.9 Å². The van der Waals surface area contributed by atoms with Crippen molar-refractivity contribution in [3.63, 3.8) is 0 Å². The normalized spacial score (nSPS) is 14.7. The second-order valence-electron chi connectivity index (χ2n) is 10.7. The van der Waals surface area contributed by atoms with E-state index < -0.39 is 11.5 Å². The van der Waals surface area contributed by atoms with E-state index >= 15 is 0 Å². The number of likely N-dealkylation sites (N-methyl/N-ethyl adjacent to an activating group) is 1. The number of anilines is 1. The van der Waals surface area contributed by atoms with Gasteiger partial charge in [-0.05, 0) is 59.6 Å². The molecular formula is C29H46N4O5. The lowest BCUT2D eigenvalue weighted by molar-refractivity contribution is -0.140.